The number of alkyl halides is 3. The first-order valence-electron chi connectivity index (χ1n) is 7.87. The van der Waals surface area contributed by atoms with E-state index in [0.29, 0.717) is 19.8 Å². The molecule has 6 heteroatoms. The molecule has 0 aromatic carbocycles. The molecule has 1 N–H and O–H groups in total. The maximum atomic E-state index is 12.8. The molecule has 1 heterocycles. The second-order valence-electron chi connectivity index (χ2n) is 6.40. The molecule has 0 unspecified atom stereocenters. The molecule has 0 saturated carbocycles. The number of nitrogens with one attached hydrogen (secondary N) is 1. The molecule has 0 aliphatic carbocycles. The number of hydrogen-bond acceptors (Lipinski definition) is 3. The smallest absolute Gasteiger partial charge is 0.381 e. The Morgan fingerprint density at radius 1 is 1.24 bits per heavy atom. The zero-order valence-corrected chi connectivity index (χ0v) is 13.4. The van der Waals surface area contributed by atoms with Gasteiger partial charge in [-0.25, -0.2) is 0 Å². The lowest BCUT2D eigenvalue weighted by atomic mass is 9.79. The molecule has 0 aromatic heterocycles. The minimum atomic E-state index is -4.15. The first-order valence-corrected chi connectivity index (χ1v) is 7.87. The summed E-state index contributed by atoms with van der Waals surface area (Å²) in [5.74, 6) is 0. The Morgan fingerprint density at radius 2 is 1.86 bits per heavy atom. The summed E-state index contributed by atoms with van der Waals surface area (Å²) < 4.78 is 43.7. The van der Waals surface area contributed by atoms with Crippen molar-refractivity contribution in [2.45, 2.75) is 52.3 Å². The summed E-state index contributed by atoms with van der Waals surface area (Å²) in [6.07, 6.45) is -1.47. The zero-order valence-electron chi connectivity index (χ0n) is 13.4. The highest BCUT2D eigenvalue weighted by molar-refractivity contribution is 4.88. The molecule has 0 radical (unpaired) electrons. The van der Waals surface area contributed by atoms with Crippen LogP contribution in [0.3, 0.4) is 0 Å². The van der Waals surface area contributed by atoms with Crippen LogP contribution >= 0.6 is 0 Å². The van der Waals surface area contributed by atoms with Crippen molar-refractivity contribution in [1.82, 2.24) is 10.2 Å². The van der Waals surface area contributed by atoms with Crippen LogP contribution in [0.2, 0.25) is 0 Å². The zero-order chi connectivity index (χ0) is 15.9. The van der Waals surface area contributed by atoms with Crippen LogP contribution in [-0.4, -0.2) is 56.5 Å². The first kappa shape index (κ1) is 18.7. The predicted molar refractivity (Wildman–Crippen MR) is 78.4 cm³/mol. The molecule has 3 nitrogen and oxygen atoms in total. The third kappa shape index (κ3) is 6.98. The fourth-order valence-corrected chi connectivity index (χ4v) is 2.81. The van der Waals surface area contributed by atoms with E-state index >= 15 is 0 Å². The van der Waals surface area contributed by atoms with Gasteiger partial charge >= 0.3 is 6.18 Å². The summed E-state index contributed by atoms with van der Waals surface area (Å²) in [5, 5.41) is 3.39. The van der Waals surface area contributed by atoms with Crippen LogP contribution in [0.5, 0.6) is 0 Å². The molecule has 1 saturated heterocycles. The summed E-state index contributed by atoms with van der Waals surface area (Å²) in [6.45, 7) is 8.36. The van der Waals surface area contributed by atoms with Gasteiger partial charge in [-0.2, -0.15) is 13.2 Å². The third-order valence-corrected chi connectivity index (χ3v) is 4.13. The monoisotopic (exact) mass is 310 g/mol. The molecule has 1 rings (SSSR count). The van der Waals surface area contributed by atoms with Gasteiger partial charge < -0.3 is 10.1 Å². The molecule has 0 spiro atoms. The summed E-state index contributed by atoms with van der Waals surface area (Å²) in [4.78, 5) is 1.55. The Bertz CT molecular complexity index is 289. The van der Waals surface area contributed by atoms with Crippen LogP contribution < -0.4 is 5.32 Å². The molecule has 1 aliphatic heterocycles. The molecule has 1 aliphatic rings. The minimum absolute atomic E-state index is 0.108. The van der Waals surface area contributed by atoms with Gasteiger partial charge in [-0.15, -0.1) is 0 Å². The predicted octanol–water partition coefficient (Wildman–Crippen LogP) is 3.06. The fraction of sp³-hybridized carbons (Fsp3) is 1.00. The Kier molecular flexibility index (Phi) is 7.44. The SMILES string of the molecule is CCCNCC1(CN(CC(F)(F)F)C(C)C)CCOCC1. The van der Waals surface area contributed by atoms with E-state index in [9.17, 15) is 13.2 Å². The molecule has 21 heavy (non-hydrogen) atoms. The summed E-state index contributed by atoms with van der Waals surface area (Å²) in [7, 11) is 0. The maximum Gasteiger partial charge on any atom is 0.401 e. The van der Waals surface area contributed by atoms with Gasteiger partial charge in [0.1, 0.15) is 0 Å². The third-order valence-electron chi connectivity index (χ3n) is 4.13. The molecule has 126 valence electrons. The highest BCUT2D eigenvalue weighted by Crippen LogP contribution is 2.32. The first-order chi connectivity index (χ1) is 9.78. The van der Waals surface area contributed by atoms with E-state index in [0.717, 1.165) is 32.4 Å². The van der Waals surface area contributed by atoms with Crippen molar-refractivity contribution in [3.8, 4) is 0 Å². The van der Waals surface area contributed by atoms with Gasteiger partial charge in [-0.3, -0.25) is 4.90 Å². The highest BCUT2D eigenvalue weighted by atomic mass is 19.4. The summed E-state index contributed by atoms with van der Waals surface area (Å²) >= 11 is 0. The van der Waals surface area contributed by atoms with E-state index in [1.807, 2.05) is 13.8 Å². The molecule has 1 fully saturated rings. The van der Waals surface area contributed by atoms with Crippen molar-refractivity contribution >= 4 is 0 Å². The van der Waals surface area contributed by atoms with E-state index < -0.39 is 12.7 Å². The summed E-state index contributed by atoms with van der Waals surface area (Å²) in [5.41, 5.74) is -0.108. The van der Waals surface area contributed by atoms with E-state index in [1.165, 1.54) is 0 Å². The Labute approximate surface area is 126 Å². The number of rotatable bonds is 8. The molecule has 0 atom stereocenters. The average molecular weight is 310 g/mol. The van der Waals surface area contributed by atoms with Crippen LogP contribution in [0, 0.1) is 5.41 Å². The van der Waals surface area contributed by atoms with E-state index in [4.69, 9.17) is 4.74 Å². The van der Waals surface area contributed by atoms with Gasteiger partial charge in [0, 0.05) is 32.3 Å². The van der Waals surface area contributed by atoms with Crippen molar-refractivity contribution in [3.63, 3.8) is 0 Å². The van der Waals surface area contributed by atoms with E-state index in [-0.39, 0.29) is 11.5 Å². The van der Waals surface area contributed by atoms with Crippen molar-refractivity contribution < 1.29 is 17.9 Å². The van der Waals surface area contributed by atoms with Crippen LogP contribution in [0.1, 0.15) is 40.0 Å². The summed E-state index contributed by atoms with van der Waals surface area (Å²) in [6, 6.07) is -0.113. The van der Waals surface area contributed by atoms with Crippen molar-refractivity contribution in [2.24, 2.45) is 5.41 Å². The van der Waals surface area contributed by atoms with Crippen LogP contribution in [0.25, 0.3) is 0 Å². The van der Waals surface area contributed by atoms with Gasteiger partial charge in [-0.1, -0.05) is 6.92 Å². The number of ether oxygens (including phenoxy) is 1. The van der Waals surface area contributed by atoms with Gasteiger partial charge in [0.2, 0.25) is 0 Å². The quantitative estimate of drug-likeness (QED) is 0.697. The van der Waals surface area contributed by atoms with E-state index in [2.05, 4.69) is 12.2 Å². The van der Waals surface area contributed by atoms with Crippen LogP contribution in [0.4, 0.5) is 13.2 Å². The number of nitrogens with zero attached hydrogens (tertiary/aromatic N) is 1. The fourth-order valence-electron chi connectivity index (χ4n) is 2.81. The van der Waals surface area contributed by atoms with Gasteiger partial charge in [0.05, 0.1) is 6.54 Å². The normalized spacial score (nSPS) is 19.4. The Hall–Kier alpha value is -0.330. The minimum Gasteiger partial charge on any atom is -0.381 e. The second-order valence-corrected chi connectivity index (χ2v) is 6.40. The highest BCUT2D eigenvalue weighted by Gasteiger charge is 2.38. The van der Waals surface area contributed by atoms with E-state index in [1.54, 1.807) is 4.90 Å². The molecule has 0 bridgehead atoms. The van der Waals surface area contributed by atoms with Crippen LogP contribution in [0.15, 0.2) is 0 Å². The topological polar surface area (TPSA) is 24.5 Å². The average Bonchev–Trinajstić information content (AvgIpc) is 2.38. The van der Waals surface area contributed by atoms with Gasteiger partial charge in [0.15, 0.2) is 0 Å². The standard InChI is InChI=1S/C15H29F3N2O/c1-4-7-19-10-14(5-8-21-9-6-14)11-20(13(2)3)12-15(16,17)18/h13,19H,4-12H2,1-3H3. The van der Waals surface area contributed by atoms with Gasteiger partial charge in [-0.05, 0) is 45.1 Å². The largest absolute Gasteiger partial charge is 0.401 e. The maximum absolute atomic E-state index is 12.8. The number of halogens is 3. The Morgan fingerprint density at radius 3 is 2.33 bits per heavy atom. The van der Waals surface area contributed by atoms with Crippen molar-refractivity contribution in [3.05, 3.63) is 0 Å². The lowest BCUT2D eigenvalue weighted by Gasteiger charge is -2.42. The molecule has 0 aromatic rings. The van der Waals surface area contributed by atoms with Crippen molar-refractivity contribution in [1.29, 1.82) is 0 Å². The second kappa shape index (κ2) is 8.34. The Balaban J connectivity index is 2.71. The molecular weight excluding hydrogens is 281 g/mol. The lowest BCUT2D eigenvalue weighted by molar-refractivity contribution is -0.155. The van der Waals surface area contributed by atoms with Gasteiger partial charge in [0.25, 0.3) is 0 Å². The molecular formula is C15H29F3N2O. The van der Waals surface area contributed by atoms with Crippen LogP contribution in [-0.2, 0) is 4.74 Å². The number of hydrogen-bond donors (Lipinski definition) is 1. The lowest BCUT2D eigenvalue weighted by Crippen LogP contribution is -2.51. The molecule has 0 amide bonds. The van der Waals surface area contributed by atoms with Crippen molar-refractivity contribution in [2.75, 3.05) is 39.4 Å².